The van der Waals surface area contributed by atoms with Crippen molar-refractivity contribution in [3.8, 4) is 0 Å². The maximum Gasteiger partial charge on any atom is 0.243 e. The van der Waals surface area contributed by atoms with E-state index in [0.29, 0.717) is 17.4 Å². The van der Waals surface area contributed by atoms with E-state index in [9.17, 15) is 8.42 Å². The van der Waals surface area contributed by atoms with Crippen molar-refractivity contribution in [2.24, 2.45) is 5.92 Å². The molecule has 1 aromatic carbocycles. The fraction of sp³-hybridized carbons (Fsp3) is 0.600. The monoisotopic (exact) mass is 359 g/mol. The van der Waals surface area contributed by atoms with E-state index >= 15 is 0 Å². The zero-order chi connectivity index (χ0) is 14.8. The van der Waals surface area contributed by atoms with Crippen LogP contribution < -0.4 is 0 Å². The van der Waals surface area contributed by atoms with Gasteiger partial charge in [-0.2, -0.15) is 4.31 Å². The minimum absolute atomic E-state index is 0.172. The molecule has 0 atom stereocenters. The quantitative estimate of drug-likeness (QED) is 0.795. The lowest BCUT2D eigenvalue weighted by atomic mass is 10.2. The fourth-order valence-corrected chi connectivity index (χ4v) is 4.85. The second kappa shape index (κ2) is 6.58. The zero-order valence-corrected chi connectivity index (χ0v) is 14.5. The van der Waals surface area contributed by atoms with Crippen LogP contribution in [0.25, 0.3) is 0 Å². The molecule has 1 fully saturated rings. The molecule has 0 aliphatic heterocycles. The first-order valence-electron chi connectivity index (χ1n) is 7.18. The van der Waals surface area contributed by atoms with Gasteiger partial charge in [0.1, 0.15) is 0 Å². The summed E-state index contributed by atoms with van der Waals surface area (Å²) < 4.78 is 28.4. The molecule has 1 aromatic rings. The first-order chi connectivity index (χ1) is 9.41. The Balaban J connectivity index is 2.32. The molecule has 3 nitrogen and oxygen atoms in total. The largest absolute Gasteiger partial charge is 0.243 e. The van der Waals surface area contributed by atoms with E-state index in [0.717, 1.165) is 30.2 Å². The number of rotatable bonds is 5. The van der Waals surface area contributed by atoms with E-state index in [1.54, 1.807) is 28.6 Å². The van der Waals surface area contributed by atoms with Crippen molar-refractivity contribution in [3.63, 3.8) is 0 Å². The standard InChI is InChI=1S/C15H22BrNO2S/c1-12(2)11-17(14-5-3-4-6-14)20(18,19)15-9-7-13(16)8-10-15/h7-10,12,14H,3-6,11H2,1-2H3. The van der Waals surface area contributed by atoms with Gasteiger partial charge in [-0.15, -0.1) is 0 Å². The lowest BCUT2D eigenvalue weighted by molar-refractivity contribution is 0.292. The highest BCUT2D eigenvalue weighted by Crippen LogP contribution is 2.29. The van der Waals surface area contributed by atoms with Gasteiger partial charge in [0, 0.05) is 17.1 Å². The van der Waals surface area contributed by atoms with E-state index in [4.69, 9.17) is 0 Å². The third kappa shape index (κ3) is 3.62. The van der Waals surface area contributed by atoms with Gasteiger partial charge in [-0.3, -0.25) is 0 Å². The predicted molar refractivity (Wildman–Crippen MR) is 85.1 cm³/mol. The van der Waals surface area contributed by atoms with Crippen LogP contribution in [0.1, 0.15) is 39.5 Å². The van der Waals surface area contributed by atoms with Gasteiger partial charge in [-0.1, -0.05) is 42.6 Å². The summed E-state index contributed by atoms with van der Waals surface area (Å²) in [4.78, 5) is 0.397. The van der Waals surface area contributed by atoms with Crippen LogP contribution in [0, 0.1) is 5.92 Å². The third-order valence-electron chi connectivity index (χ3n) is 3.70. The van der Waals surface area contributed by atoms with Crippen molar-refractivity contribution < 1.29 is 8.42 Å². The number of hydrogen-bond acceptors (Lipinski definition) is 2. The molecule has 0 aromatic heterocycles. The molecule has 0 bridgehead atoms. The summed E-state index contributed by atoms with van der Waals surface area (Å²) in [6.45, 7) is 4.74. The van der Waals surface area contributed by atoms with Crippen LogP contribution in [0.15, 0.2) is 33.6 Å². The van der Waals surface area contributed by atoms with E-state index in [1.165, 1.54) is 0 Å². The summed E-state index contributed by atoms with van der Waals surface area (Å²) in [6, 6.07) is 7.11. The van der Waals surface area contributed by atoms with E-state index in [1.807, 2.05) is 0 Å². The fourth-order valence-electron chi connectivity index (χ4n) is 2.74. The molecule has 0 spiro atoms. The topological polar surface area (TPSA) is 37.4 Å². The molecule has 1 aliphatic carbocycles. The third-order valence-corrected chi connectivity index (χ3v) is 6.16. The van der Waals surface area contributed by atoms with Gasteiger partial charge in [0.15, 0.2) is 0 Å². The van der Waals surface area contributed by atoms with Gasteiger partial charge < -0.3 is 0 Å². The molecule has 20 heavy (non-hydrogen) atoms. The Morgan fingerprint density at radius 3 is 2.25 bits per heavy atom. The highest BCUT2D eigenvalue weighted by molar-refractivity contribution is 9.10. The summed E-state index contributed by atoms with van der Waals surface area (Å²) in [5.41, 5.74) is 0. The molecular weight excluding hydrogens is 338 g/mol. The van der Waals surface area contributed by atoms with Crippen LogP contribution in [-0.4, -0.2) is 25.3 Å². The average molecular weight is 360 g/mol. The number of nitrogens with zero attached hydrogens (tertiary/aromatic N) is 1. The Labute approximate surface area is 130 Å². The normalized spacial score (nSPS) is 17.2. The van der Waals surface area contributed by atoms with E-state index in [-0.39, 0.29) is 6.04 Å². The van der Waals surface area contributed by atoms with Crippen LogP contribution in [0.3, 0.4) is 0 Å². The van der Waals surface area contributed by atoms with Gasteiger partial charge >= 0.3 is 0 Å². The lowest BCUT2D eigenvalue weighted by Gasteiger charge is -2.29. The lowest BCUT2D eigenvalue weighted by Crippen LogP contribution is -2.41. The van der Waals surface area contributed by atoms with Crippen LogP contribution in [0.4, 0.5) is 0 Å². The Morgan fingerprint density at radius 2 is 1.75 bits per heavy atom. The number of sulfonamides is 1. The van der Waals surface area contributed by atoms with Crippen LogP contribution in [-0.2, 0) is 10.0 Å². The van der Waals surface area contributed by atoms with Crippen molar-refractivity contribution in [1.29, 1.82) is 0 Å². The highest BCUT2D eigenvalue weighted by Gasteiger charge is 2.33. The Morgan fingerprint density at radius 1 is 1.20 bits per heavy atom. The molecular formula is C15H22BrNO2S. The van der Waals surface area contributed by atoms with Gasteiger partial charge in [0.05, 0.1) is 4.90 Å². The van der Waals surface area contributed by atoms with Gasteiger partial charge in [-0.05, 0) is 43.0 Å². The highest BCUT2D eigenvalue weighted by atomic mass is 79.9. The number of benzene rings is 1. The number of halogens is 1. The maximum absolute atomic E-state index is 12.9. The summed E-state index contributed by atoms with van der Waals surface area (Å²) >= 11 is 3.35. The molecule has 0 N–H and O–H groups in total. The van der Waals surface area contributed by atoms with Crippen LogP contribution >= 0.6 is 15.9 Å². The molecule has 112 valence electrons. The molecule has 0 saturated heterocycles. The molecule has 5 heteroatoms. The summed E-state index contributed by atoms with van der Waals surface area (Å²) in [6.07, 6.45) is 4.25. The first-order valence-corrected chi connectivity index (χ1v) is 9.42. The molecule has 0 amide bonds. The van der Waals surface area contributed by atoms with Crippen LogP contribution in [0.5, 0.6) is 0 Å². The zero-order valence-electron chi connectivity index (χ0n) is 12.0. The minimum Gasteiger partial charge on any atom is -0.207 e. The maximum atomic E-state index is 12.9. The van der Waals surface area contributed by atoms with Crippen molar-refractivity contribution in [2.75, 3.05) is 6.54 Å². The van der Waals surface area contributed by atoms with Crippen molar-refractivity contribution in [3.05, 3.63) is 28.7 Å². The molecule has 0 unspecified atom stereocenters. The Hall–Kier alpha value is -0.390. The average Bonchev–Trinajstić information content (AvgIpc) is 2.89. The second-order valence-electron chi connectivity index (χ2n) is 5.86. The summed E-state index contributed by atoms with van der Waals surface area (Å²) in [5.74, 6) is 0.334. The van der Waals surface area contributed by atoms with Crippen LogP contribution in [0.2, 0.25) is 0 Å². The molecule has 1 saturated carbocycles. The smallest absolute Gasteiger partial charge is 0.207 e. The van der Waals surface area contributed by atoms with E-state index < -0.39 is 10.0 Å². The second-order valence-corrected chi connectivity index (χ2v) is 8.67. The van der Waals surface area contributed by atoms with Crippen molar-refractivity contribution in [1.82, 2.24) is 4.31 Å². The Kier molecular flexibility index (Phi) is 5.26. The minimum atomic E-state index is -3.38. The molecule has 1 aliphatic rings. The van der Waals surface area contributed by atoms with Gasteiger partial charge in [0.2, 0.25) is 10.0 Å². The van der Waals surface area contributed by atoms with Crippen molar-refractivity contribution in [2.45, 2.75) is 50.5 Å². The van der Waals surface area contributed by atoms with Crippen molar-refractivity contribution >= 4 is 26.0 Å². The molecule has 0 heterocycles. The van der Waals surface area contributed by atoms with Gasteiger partial charge in [-0.25, -0.2) is 8.42 Å². The first kappa shape index (κ1) is 16.0. The SMILES string of the molecule is CC(C)CN(C1CCCC1)S(=O)(=O)c1ccc(Br)cc1. The summed E-state index contributed by atoms with van der Waals surface area (Å²) in [5, 5.41) is 0. The molecule has 2 rings (SSSR count). The predicted octanol–water partition coefficient (Wildman–Crippen LogP) is 4.04. The molecule has 0 radical (unpaired) electrons. The Bertz CT molecular complexity index is 533. The van der Waals surface area contributed by atoms with Gasteiger partial charge in [0.25, 0.3) is 0 Å². The van der Waals surface area contributed by atoms with E-state index in [2.05, 4.69) is 29.8 Å². The number of hydrogen-bond donors (Lipinski definition) is 0. The summed E-state index contributed by atoms with van der Waals surface area (Å²) in [7, 11) is -3.38.